The number of nitrogens with one attached hydrogen (secondary N) is 1. The van der Waals surface area contributed by atoms with E-state index < -0.39 is 18.0 Å². The molecule has 3 heterocycles. The number of thiophene rings is 1. The fourth-order valence-electron chi connectivity index (χ4n) is 1.86. The van der Waals surface area contributed by atoms with E-state index >= 15 is 0 Å². The molecule has 7 nitrogen and oxygen atoms in total. The smallest absolute Gasteiger partial charge is 0.471 e. The van der Waals surface area contributed by atoms with Crippen LogP contribution in [0.25, 0.3) is 0 Å². The zero-order valence-electron chi connectivity index (χ0n) is 11.5. The molecule has 2 aromatic rings. The summed E-state index contributed by atoms with van der Waals surface area (Å²) in [5.74, 6) is -1.04. The number of fused-ring (bicyclic) bond motifs is 1. The van der Waals surface area contributed by atoms with Crippen LogP contribution in [-0.4, -0.2) is 35.8 Å². The van der Waals surface area contributed by atoms with Gasteiger partial charge in [0.05, 0.1) is 0 Å². The molecule has 1 aliphatic heterocycles. The topological polar surface area (TPSA) is 86.5 Å². The van der Waals surface area contributed by atoms with Gasteiger partial charge in [-0.1, -0.05) is 5.16 Å². The van der Waals surface area contributed by atoms with E-state index in [-0.39, 0.29) is 18.8 Å². The molecular formula is C12H10F3N3O4S. The van der Waals surface area contributed by atoms with Gasteiger partial charge in [-0.15, -0.1) is 11.3 Å². The molecule has 3 rings (SSSR count). The predicted octanol–water partition coefficient (Wildman–Crippen LogP) is 1.89. The number of carbonyl (C=O) groups excluding carboxylic acids is 1. The molecule has 0 aliphatic carbocycles. The fraction of sp³-hybridized carbons (Fsp3) is 0.417. The number of rotatable bonds is 4. The van der Waals surface area contributed by atoms with Crippen LogP contribution >= 0.6 is 11.3 Å². The minimum absolute atomic E-state index is 0.0102. The predicted molar refractivity (Wildman–Crippen MR) is 70.6 cm³/mol. The summed E-state index contributed by atoms with van der Waals surface area (Å²) in [4.78, 5) is 15.6. The number of amides is 1. The summed E-state index contributed by atoms with van der Waals surface area (Å²) in [5, 5.41) is 7.44. The Bertz CT molecular complexity index is 713. The molecule has 1 amide bonds. The largest absolute Gasteiger partial charge is 0.485 e. The highest BCUT2D eigenvalue weighted by Crippen LogP contribution is 2.39. The second-order valence-corrected chi connectivity index (χ2v) is 5.35. The maximum Gasteiger partial charge on any atom is 0.471 e. The second kappa shape index (κ2) is 6.07. The highest BCUT2D eigenvalue weighted by molar-refractivity contribution is 7.12. The van der Waals surface area contributed by atoms with Crippen LogP contribution in [0, 0.1) is 0 Å². The first kappa shape index (κ1) is 15.6. The number of ether oxygens (including phenoxy) is 2. The maximum absolute atomic E-state index is 12.3. The quantitative estimate of drug-likeness (QED) is 0.907. The van der Waals surface area contributed by atoms with Gasteiger partial charge in [0.25, 0.3) is 5.91 Å². The Kier molecular flexibility index (Phi) is 4.11. The molecule has 0 fully saturated rings. The molecule has 1 aliphatic rings. The van der Waals surface area contributed by atoms with Gasteiger partial charge in [-0.2, -0.15) is 18.2 Å². The van der Waals surface area contributed by atoms with Crippen LogP contribution < -0.4 is 14.8 Å². The number of hydrogen-bond donors (Lipinski definition) is 1. The van der Waals surface area contributed by atoms with Gasteiger partial charge in [-0.25, -0.2) is 0 Å². The summed E-state index contributed by atoms with van der Waals surface area (Å²) in [5.41, 5.74) is 0. The highest BCUT2D eigenvalue weighted by atomic mass is 32.1. The van der Waals surface area contributed by atoms with Crippen LogP contribution in [0.5, 0.6) is 11.5 Å². The van der Waals surface area contributed by atoms with Crippen molar-refractivity contribution in [3.05, 3.63) is 22.0 Å². The van der Waals surface area contributed by atoms with E-state index in [1.165, 1.54) is 11.3 Å². The number of halogens is 3. The lowest BCUT2D eigenvalue weighted by molar-refractivity contribution is -0.159. The summed E-state index contributed by atoms with van der Waals surface area (Å²) >= 11 is 1.17. The lowest BCUT2D eigenvalue weighted by Crippen LogP contribution is -2.26. The van der Waals surface area contributed by atoms with Gasteiger partial charge in [0, 0.05) is 18.3 Å². The highest BCUT2D eigenvalue weighted by Gasteiger charge is 2.38. The van der Waals surface area contributed by atoms with Gasteiger partial charge in [-0.3, -0.25) is 4.79 Å². The molecular weight excluding hydrogens is 339 g/mol. The Labute approximate surface area is 131 Å². The third kappa shape index (κ3) is 3.38. The van der Waals surface area contributed by atoms with Crippen LogP contribution in [-0.2, 0) is 12.6 Å². The minimum atomic E-state index is -4.68. The van der Waals surface area contributed by atoms with Crippen molar-refractivity contribution in [2.24, 2.45) is 0 Å². The van der Waals surface area contributed by atoms with Crippen molar-refractivity contribution in [3.8, 4) is 11.5 Å². The average molecular weight is 349 g/mol. The van der Waals surface area contributed by atoms with Crippen molar-refractivity contribution in [2.45, 2.75) is 12.6 Å². The van der Waals surface area contributed by atoms with Crippen LogP contribution in [0.4, 0.5) is 13.2 Å². The number of nitrogens with zero attached hydrogens (tertiary/aromatic N) is 2. The van der Waals surface area contributed by atoms with Crippen LogP contribution in [0.15, 0.2) is 9.90 Å². The Morgan fingerprint density at radius 1 is 1.35 bits per heavy atom. The summed E-state index contributed by atoms with van der Waals surface area (Å²) in [6.07, 6.45) is -4.67. The maximum atomic E-state index is 12.3. The van der Waals surface area contributed by atoms with Gasteiger partial charge in [0.1, 0.15) is 18.1 Å². The van der Waals surface area contributed by atoms with E-state index in [0.29, 0.717) is 29.6 Å². The van der Waals surface area contributed by atoms with Crippen molar-refractivity contribution >= 4 is 17.2 Å². The molecule has 23 heavy (non-hydrogen) atoms. The Hall–Kier alpha value is -2.30. The molecule has 0 saturated heterocycles. The molecule has 124 valence electrons. The van der Waals surface area contributed by atoms with Crippen molar-refractivity contribution in [1.82, 2.24) is 15.5 Å². The first-order chi connectivity index (χ1) is 10.9. The number of alkyl halides is 3. The Morgan fingerprint density at radius 3 is 2.87 bits per heavy atom. The van der Waals surface area contributed by atoms with E-state index in [2.05, 4.69) is 20.0 Å². The molecule has 0 aromatic carbocycles. The van der Waals surface area contributed by atoms with E-state index in [1.54, 1.807) is 5.38 Å². The molecule has 0 atom stereocenters. The van der Waals surface area contributed by atoms with E-state index in [4.69, 9.17) is 9.47 Å². The molecule has 11 heteroatoms. The first-order valence-electron chi connectivity index (χ1n) is 6.50. The first-order valence-corrected chi connectivity index (χ1v) is 7.38. The van der Waals surface area contributed by atoms with Crippen LogP contribution in [0.3, 0.4) is 0 Å². The standard InChI is InChI=1S/C12H10F3N3O4S/c13-12(14,15)11-17-7(18-22-11)1-2-16-10(19)9-8-6(5-23-9)20-3-4-21-8/h5H,1-4H2,(H,16,19). The summed E-state index contributed by atoms with van der Waals surface area (Å²) < 4.78 is 51.7. The summed E-state index contributed by atoms with van der Waals surface area (Å²) in [6, 6.07) is 0. The molecule has 0 spiro atoms. The third-order valence-electron chi connectivity index (χ3n) is 2.85. The van der Waals surface area contributed by atoms with Gasteiger partial charge in [0.2, 0.25) is 0 Å². The lowest BCUT2D eigenvalue weighted by atomic mass is 10.3. The Morgan fingerprint density at radius 2 is 2.13 bits per heavy atom. The van der Waals surface area contributed by atoms with E-state index in [0.717, 1.165) is 0 Å². The second-order valence-electron chi connectivity index (χ2n) is 4.47. The van der Waals surface area contributed by atoms with Crippen molar-refractivity contribution in [2.75, 3.05) is 19.8 Å². The zero-order chi connectivity index (χ0) is 16.4. The monoisotopic (exact) mass is 349 g/mol. The normalized spacial score (nSPS) is 13.9. The molecule has 0 unspecified atom stereocenters. The molecule has 0 radical (unpaired) electrons. The van der Waals surface area contributed by atoms with Crippen LogP contribution in [0.1, 0.15) is 21.4 Å². The van der Waals surface area contributed by atoms with Gasteiger partial charge < -0.3 is 19.3 Å². The SMILES string of the molecule is O=C(NCCc1noc(C(F)(F)F)n1)c1scc2c1OCCO2. The summed E-state index contributed by atoms with van der Waals surface area (Å²) in [7, 11) is 0. The van der Waals surface area contributed by atoms with E-state index in [9.17, 15) is 18.0 Å². The number of carbonyl (C=O) groups is 1. The van der Waals surface area contributed by atoms with Gasteiger partial charge >= 0.3 is 12.1 Å². The molecule has 1 N–H and O–H groups in total. The van der Waals surface area contributed by atoms with Crippen molar-refractivity contribution in [1.29, 1.82) is 0 Å². The summed E-state index contributed by atoms with van der Waals surface area (Å²) in [6.45, 7) is 0.834. The lowest BCUT2D eigenvalue weighted by Gasteiger charge is -2.15. The zero-order valence-corrected chi connectivity index (χ0v) is 12.3. The Balaban J connectivity index is 1.55. The van der Waals surface area contributed by atoms with Crippen molar-refractivity contribution in [3.63, 3.8) is 0 Å². The fourth-order valence-corrected chi connectivity index (χ4v) is 2.70. The van der Waals surface area contributed by atoms with Crippen molar-refractivity contribution < 1.29 is 32.0 Å². The third-order valence-corrected chi connectivity index (χ3v) is 3.79. The van der Waals surface area contributed by atoms with Gasteiger partial charge in [-0.05, 0) is 0 Å². The number of hydrogen-bond acceptors (Lipinski definition) is 7. The molecule has 2 aromatic heterocycles. The van der Waals surface area contributed by atoms with Gasteiger partial charge in [0.15, 0.2) is 17.3 Å². The van der Waals surface area contributed by atoms with Crippen LogP contribution in [0.2, 0.25) is 0 Å². The number of aromatic nitrogens is 2. The molecule has 0 saturated carbocycles. The molecule has 0 bridgehead atoms. The average Bonchev–Trinajstić information content (AvgIpc) is 3.13. The van der Waals surface area contributed by atoms with E-state index in [1.807, 2.05) is 0 Å². The minimum Gasteiger partial charge on any atom is -0.485 e.